The number of carbonyl (C=O) groups excluding carboxylic acids is 1. The van der Waals surface area contributed by atoms with E-state index in [4.69, 9.17) is 9.47 Å². The molecule has 0 heterocycles. The monoisotopic (exact) mass is 515 g/mol. The van der Waals surface area contributed by atoms with Crippen molar-refractivity contribution in [2.75, 3.05) is 0 Å². The van der Waals surface area contributed by atoms with Gasteiger partial charge in [0, 0.05) is 12.1 Å². The van der Waals surface area contributed by atoms with Crippen LogP contribution in [0.3, 0.4) is 0 Å². The zero-order valence-corrected chi connectivity index (χ0v) is 20.9. The molecule has 3 aromatic carbocycles. The zero-order valence-electron chi connectivity index (χ0n) is 20.9. The van der Waals surface area contributed by atoms with Gasteiger partial charge in [0.2, 0.25) is 0 Å². The summed E-state index contributed by atoms with van der Waals surface area (Å²) in [5, 5.41) is 12.0. The van der Waals surface area contributed by atoms with Gasteiger partial charge in [-0.1, -0.05) is 19.1 Å². The summed E-state index contributed by atoms with van der Waals surface area (Å²) in [4.78, 5) is 24.0. The molecular weight excluding hydrogens is 487 g/mol. The molecule has 0 unspecified atom stereocenters. The second-order valence-electron chi connectivity index (χ2n) is 9.00. The molecule has 0 spiro atoms. The Balaban J connectivity index is 1.67. The third-order valence-electron chi connectivity index (χ3n) is 5.67. The number of halogens is 3. The molecule has 0 radical (unpaired) electrons. The molecule has 196 valence electrons. The number of rotatable bonds is 9. The van der Waals surface area contributed by atoms with Crippen molar-refractivity contribution in [1.82, 2.24) is 5.32 Å². The number of aryl methyl sites for hydroxylation is 2. The van der Waals surface area contributed by atoms with Crippen LogP contribution in [0.5, 0.6) is 17.2 Å². The Morgan fingerprint density at radius 1 is 0.973 bits per heavy atom. The molecule has 9 heteroatoms. The van der Waals surface area contributed by atoms with Crippen molar-refractivity contribution in [2.24, 2.45) is 0 Å². The molecular formula is C28H28F3NO5. The van der Waals surface area contributed by atoms with E-state index in [1.54, 1.807) is 56.3 Å². The number of ether oxygens (including phenoxy) is 2. The number of alkyl halides is 3. The molecule has 37 heavy (non-hydrogen) atoms. The van der Waals surface area contributed by atoms with E-state index in [0.29, 0.717) is 28.4 Å². The molecule has 0 aliphatic carbocycles. The number of carbonyl (C=O) groups is 2. The average molecular weight is 516 g/mol. The fraction of sp³-hybridized carbons (Fsp3) is 0.286. The van der Waals surface area contributed by atoms with Crippen LogP contribution in [-0.4, -0.2) is 22.6 Å². The number of hydrogen-bond donors (Lipinski definition) is 2. The molecule has 0 aliphatic heterocycles. The summed E-state index contributed by atoms with van der Waals surface area (Å²) in [6, 6.07) is 15.1. The fourth-order valence-corrected chi connectivity index (χ4v) is 3.54. The van der Waals surface area contributed by atoms with E-state index in [0.717, 1.165) is 17.7 Å². The largest absolute Gasteiger partial charge is 0.478 e. The second-order valence-corrected chi connectivity index (χ2v) is 9.00. The quantitative estimate of drug-likeness (QED) is 0.338. The molecule has 0 bridgehead atoms. The lowest BCUT2D eigenvalue weighted by Crippen LogP contribution is -2.38. The summed E-state index contributed by atoms with van der Waals surface area (Å²) in [7, 11) is 0. The van der Waals surface area contributed by atoms with Crippen molar-refractivity contribution in [3.63, 3.8) is 0 Å². The summed E-state index contributed by atoms with van der Waals surface area (Å²) in [5.74, 6) is -0.107. The van der Waals surface area contributed by atoms with Gasteiger partial charge >= 0.3 is 12.1 Å². The molecule has 0 saturated carbocycles. The number of carboxylic acids is 1. The molecule has 0 aliphatic rings. The number of nitrogens with one attached hydrogen (secondary N) is 1. The van der Waals surface area contributed by atoms with E-state index in [1.165, 1.54) is 19.9 Å². The highest BCUT2D eigenvalue weighted by molar-refractivity contribution is 5.95. The molecule has 3 aromatic rings. The first-order valence-electron chi connectivity index (χ1n) is 11.6. The number of hydrogen-bond acceptors (Lipinski definition) is 4. The summed E-state index contributed by atoms with van der Waals surface area (Å²) >= 11 is 0. The first kappa shape index (κ1) is 27.6. The number of carboxylic acid groups (broad SMARTS) is 1. The van der Waals surface area contributed by atoms with Crippen molar-refractivity contribution >= 4 is 11.9 Å². The highest BCUT2D eigenvalue weighted by atomic mass is 19.4. The summed E-state index contributed by atoms with van der Waals surface area (Å²) in [6.07, 6.45) is -4.19. The maximum atomic E-state index is 13.0. The molecule has 2 N–H and O–H groups in total. The van der Waals surface area contributed by atoms with Gasteiger partial charge < -0.3 is 19.9 Å². The topological polar surface area (TPSA) is 84.9 Å². The second kappa shape index (κ2) is 10.9. The average Bonchev–Trinajstić information content (AvgIpc) is 2.83. The standard InChI is InChI=1S/C28H28F3NO5/c1-5-19-15-20(28(29,30)31)9-11-23(19)25(33)32-16-18-7-6-8-21(14-18)36-22-10-12-24(17(2)13-22)37-27(3,4)26(34)35/h6-15H,5,16H2,1-4H3,(H,32,33)(H,34,35). The van der Waals surface area contributed by atoms with Crippen molar-refractivity contribution in [2.45, 2.75) is 52.4 Å². The molecule has 1 amide bonds. The lowest BCUT2D eigenvalue weighted by atomic mass is 10.0. The molecule has 0 aromatic heterocycles. The normalized spacial score (nSPS) is 11.6. The maximum Gasteiger partial charge on any atom is 0.416 e. The minimum atomic E-state index is -4.47. The van der Waals surface area contributed by atoms with E-state index in [-0.39, 0.29) is 18.5 Å². The highest BCUT2D eigenvalue weighted by Crippen LogP contribution is 2.31. The molecule has 0 fully saturated rings. The van der Waals surface area contributed by atoms with E-state index < -0.39 is 29.2 Å². The van der Waals surface area contributed by atoms with E-state index in [9.17, 15) is 27.9 Å². The molecule has 3 rings (SSSR count). The van der Waals surface area contributed by atoms with Crippen LogP contribution in [0.2, 0.25) is 0 Å². The Labute approximate surface area is 213 Å². The van der Waals surface area contributed by atoms with Crippen LogP contribution in [0.15, 0.2) is 60.7 Å². The smallest absolute Gasteiger partial charge is 0.416 e. The van der Waals surface area contributed by atoms with Crippen molar-refractivity contribution in [3.8, 4) is 17.2 Å². The van der Waals surface area contributed by atoms with Crippen LogP contribution >= 0.6 is 0 Å². The van der Waals surface area contributed by atoms with Gasteiger partial charge in [0.1, 0.15) is 17.2 Å². The number of benzene rings is 3. The third-order valence-corrected chi connectivity index (χ3v) is 5.67. The van der Waals surface area contributed by atoms with Gasteiger partial charge in [0.25, 0.3) is 5.91 Å². The molecule has 0 atom stereocenters. The Morgan fingerprint density at radius 3 is 2.30 bits per heavy atom. The van der Waals surface area contributed by atoms with Crippen LogP contribution < -0.4 is 14.8 Å². The van der Waals surface area contributed by atoms with Gasteiger partial charge in [-0.25, -0.2) is 4.79 Å². The summed E-state index contributed by atoms with van der Waals surface area (Å²) < 4.78 is 50.5. The summed E-state index contributed by atoms with van der Waals surface area (Å²) in [6.45, 7) is 6.54. The van der Waals surface area contributed by atoms with Crippen LogP contribution in [0.4, 0.5) is 13.2 Å². The van der Waals surface area contributed by atoms with E-state index in [1.807, 2.05) is 0 Å². The van der Waals surface area contributed by atoms with Crippen molar-refractivity contribution in [1.29, 1.82) is 0 Å². The maximum absolute atomic E-state index is 13.0. The van der Waals surface area contributed by atoms with Crippen LogP contribution in [0.25, 0.3) is 0 Å². The highest BCUT2D eigenvalue weighted by Gasteiger charge is 2.31. The number of amides is 1. The SMILES string of the molecule is CCc1cc(C(F)(F)F)ccc1C(=O)NCc1cccc(Oc2ccc(OC(C)(C)C(=O)O)c(C)c2)c1. The van der Waals surface area contributed by atoms with Crippen molar-refractivity contribution < 1.29 is 37.3 Å². The Kier molecular flexibility index (Phi) is 8.15. The first-order valence-corrected chi connectivity index (χ1v) is 11.6. The van der Waals surface area contributed by atoms with E-state index >= 15 is 0 Å². The first-order chi connectivity index (χ1) is 17.3. The van der Waals surface area contributed by atoms with Crippen molar-refractivity contribution in [3.05, 3.63) is 88.5 Å². The van der Waals surface area contributed by atoms with Crippen LogP contribution in [-0.2, 0) is 23.9 Å². The Morgan fingerprint density at radius 2 is 1.68 bits per heavy atom. The predicted octanol–water partition coefficient (Wildman–Crippen LogP) is 6.54. The van der Waals surface area contributed by atoms with Gasteiger partial charge in [0.05, 0.1) is 5.56 Å². The molecule has 0 saturated heterocycles. The minimum Gasteiger partial charge on any atom is -0.478 e. The lowest BCUT2D eigenvalue weighted by molar-refractivity contribution is -0.152. The third kappa shape index (κ3) is 7.03. The van der Waals surface area contributed by atoms with Gasteiger partial charge in [-0.3, -0.25) is 4.79 Å². The fourth-order valence-electron chi connectivity index (χ4n) is 3.54. The van der Waals surface area contributed by atoms with Gasteiger partial charge in [-0.2, -0.15) is 13.2 Å². The van der Waals surface area contributed by atoms with Crippen LogP contribution in [0.1, 0.15) is 53.4 Å². The zero-order chi connectivity index (χ0) is 27.4. The lowest BCUT2D eigenvalue weighted by Gasteiger charge is -2.23. The number of aliphatic carboxylic acids is 1. The molecule has 6 nitrogen and oxygen atoms in total. The Bertz CT molecular complexity index is 1300. The predicted molar refractivity (Wildman–Crippen MR) is 132 cm³/mol. The van der Waals surface area contributed by atoms with E-state index in [2.05, 4.69) is 5.32 Å². The minimum absolute atomic E-state index is 0.149. The Hall–Kier alpha value is -4.01. The van der Waals surface area contributed by atoms with Crippen LogP contribution in [0, 0.1) is 6.92 Å². The van der Waals surface area contributed by atoms with Gasteiger partial charge in [-0.05, 0) is 92.4 Å². The van der Waals surface area contributed by atoms with Gasteiger partial charge in [-0.15, -0.1) is 0 Å². The van der Waals surface area contributed by atoms with Gasteiger partial charge in [0.15, 0.2) is 5.60 Å². The summed E-state index contributed by atoms with van der Waals surface area (Å²) in [5.41, 5.74) is -0.226.